The van der Waals surface area contributed by atoms with E-state index < -0.39 is 0 Å². The number of nitrogen functional groups attached to an aromatic ring is 1. The van der Waals surface area contributed by atoms with Crippen LogP contribution in [0.1, 0.15) is 19.3 Å². The summed E-state index contributed by atoms with van der Waals surface area (Å²) in [7, 11) is 0. The van der Waals surface area contributed by atoms with E-state index >= 15 is 0 Å². The Labute approximate surface area is 126 Å². The highest BCUT2D eigenvalue weighted by atomic mass is 16.5. The molecule has 2 rings (SSSR count). The first-order chi connectivity index (χ1) is 10.3. The highest BCUT2D eigenvalue weighted by Crippen LogP contribution is 2.20. The summed E-state index contributed by atoms with van der Waals surface area (Å²) in [6.45, 7) is 4.42. The molecule has 0 amide bonds. The van der Waals surface area contributed by atoms with Gasteiger partial charge in [-0.05, 0) is 31.4 Å². The van der Waals surface area contributed by atoms with Crippen LogP contribution in [-0.2, 0) is 4.74 Å². The molecule has 1 aliphatic rings. The van der Waals surface area contributed by atoms with Crippen LogP contribution < -0.4 is 10.5 Å². The molecule has 118 valence electrons. The molecule has 0 aromatic heterocycles. The van der Waals surface area contributed by atoms with Crippen LogP contribution in [0.4, 0.5) is 5.69 Å². The van der Waals surface area contributed by atoms with Gasteiger partial charge >= 0.3 is 0 Å². The lowest BCUT2D eigenvalue weighted by atomic mass is 10.1. The molecule has 1 aromatic carbocycles. The fraction of sp³-hybridized carbons (Fsp3) is 0.625. The Kier molecular flexibility index (Phi) is 6.79. The van der Waals surface area contributed by atoms with Crippen molar-refractivity contribution in [1.82, 2.24) is 4.90 Å². The third kappa shape index (κ3) is 5.53. The third-order valence-corrected chi connectivity index (χ3v) is 3.77. The normalized spacial score (nSPS) is 17.0. The third-order valence-electron chi connectivity index (χ3n) is 3.77. The molecule has 0 bridgehead atoms. The zero-order valence-electron chi connectivity index (χ0n) is 12.5. The van der Waals surface area contributed by atoms with Crippen molar-refractivity contribution in [1.29, 1.82) is 0 Å². The highest BCUT2D eigenvalue weighted by Gasteiger charge is 2.18. The van der Waals surface area contributed by atoms with Gasteiger partial charge in [-0.25, -0.2) is 0 Å². The summed E-state index contributed by atoms with van der Waals surface area (Å²) >= 11 is 0. The number of nitrogens with zero attached hydrogens (tertiary/aromatic N) is 1. The van der Waals surface area contributed by atoms with E-state index in [0.29, 0.717) is 25.0 Å². The Morgan fingerprint density at radius 1 is 1.19 bits per heavy atom. The van der Waals surface area contributed by atoms with Crippen LogP contribution in [0.3, 0.4) is 0 Å². The zero-order valence-corrected chi connectivity index (χ0v) is 12.5. The molecule has 1 aliphatic heterocycles. The summed E-state index contributed by atoms with van der Waals surface area (Å²) in [6.07, 6.45) is 3.41. The average Bonchev–Trinajstić information content (AvgIpc) is 2.52. The standard InChI is InChI=1S/C16H26N2O3/c17-15-4-1-2-5-16(15)21-12-3-8-18-9-6-14(7-10-18)20-13-11-19/h1-2,4-5,14,19H,3,6-13,17H2. The van der Waals surface area contributed by atoms with E-state index in [2.05, 4.69) is 4.90 Å². The molecular weight excluding hydrogens is 268 g/mol. The van der Waals surface area contributed by atoms with Gasteiger partial charge in [0.2, 0.25) is 0 Å². The van der Waals surface area contributed by atoms with E-state index in [0.717, 1.165) is 44.6 Å². The monoisotopic (exact) mass is 294 g/mol. The van der Waals surface area contributed by atoms with Gasteiger partial charge in [0.1, 0.15) is 5.75 Å². The van der Waals surface area contributed by atoms with Gasteiger partial charge in [-0.2, -0.15) is 0 Å². The minimum Gasteiger partial charge on any atom is -0.491 e. The van der Waals surface area contributed by atoms with E-state index in [1.54, 1.807) is 0 Å². The first-order valence-electron chi connectivity index (χ1n) is 7.71. The number of anilines is 1. The second-order valence-electron chi connectivity index (χ2n) is 5.38. The molecule has 0 aliphatic carbocycles. The second-order valence-corrected chi connectivity index (χ2v) is 5.38. The average molecular weight is 294 g/mol. The summed E-state index contributed by atoms with van der Waals surface area (Å²) in [5, 5.41) is 8.75. The van der Waals surface area contributed by atoms with Crippen LogP contribution in [0, 0.1) is 0 Å². The number of aliphatic hydroxyl groups is 1. The zero-order chi connectivity index (χ0) is 14.9. The first-order valence-corrected chi connectivity index (χ1v) is 7.71. The van der Waals surface area contributed by atoms with Crippen molar-refractivity contribution in [2.45, 2.75) is 25.4 Å². The summed E-state index contributed by atoms with van der Waals surface area (Å²) in [5.74, 6) is 0.772. The fourth-order valence-corrected chi connectivity index (χ4v) is 2.60. The van der Waals surface area contributed by atoms with Crippen molar-refractivity contribution < 1.29 is 14.6 Å². The number of nitrogens with two attached hydrogens (primary N) is 1. The predicted molar refractivity (Wildman–Crippen MR) is 83.5 cm³/mol. The Bertz CT molecular complexity index is 406. The van der Waals surface area contributed by atoms with Crippen LogP contribution in [-0.4, -0.2) is 55.6 Å². The number of piperidine rings is 1. The molecule has 0 radical (unpaired) electrons. The van der Waals surface area contributed by atoms with Gasteiger partial charge in [-0.15, -0.1) is 0 Å². The van der Waals surface area contributed by atoms with Gasteiger partial charge in [0.15, 0.2) is 0 Å². The Morgan fingerprint density at radius 3 is 2.67 bits per heavy atom. The van der Waals surface area contributed by atoms with Crippen LogP contribution in [0.15, 0.2) is 24.3 Å². The van der Waals surface area contributed by atoms with E-state index in [9.17, 15) is 0 Å². The van der Waals surface area contributed by atoms with Crippen LogP contribution >= 0.6 is 0 Å². The van der Waals surface area contributed by atoms with Gasteiger partial charge in [-0.3, -0.25) is 0 Å². The molecule has 0 saturated carbocycles. The van der Waals surface area contributed by atoms with Gasteiger partial charge in [0, 0.05) is 19.6 Å². The molecule has 0 unspecified atom stereocenters. The molecule has 1 heterocycles. The topological polar surface area (TPSA) is 68.0 Å². The number of aliphatic hydroxyl groups excluding tert-OH is 1. The summed E-state index contributed by atoms with van der Waals surface area (Å²) in [6, 6.07) is 7.60. The maximum atomic E-state index is 8.75. The lowest BCUT2D eigenvalue weighted by Crippen LogP contribution is -2.38. The van der Waals surface area contributed by atoms with Gasteiger partial charge < -0.3 is 25.2 Å². The quantitative estimate of drug-likeness (QED) is 0.562. The van der Waals surface area contributed by atoms with E-state index in [1.165, 1.54) is 0 Å². The van der Waals surface area contributed by atoms with Crippen molar-refractivity contribution in [2.24, 2.45) is 0 Å². The molecule has 21 heavy (non-hydrogen) atoms. The Balaban J connectivity index is 1.57. The van der Waals surface area contributed by atoms with Crippen molar-refractivity contribution in [2.75, 3.05) is 45.2 Å². The SMILES string of the molecule is Nc1ccccc1OCCCN1CCC(OCCO)CC1. The van der Waals surface area contributed by atoms with E-state index in [4.69, 9.17) is 20.3 Å². The van der Waals surface area contributed by atoms with Crippen LogP contribution in [0.5, 0.6) is 5.75 Å². The van der Waals surface area contributed by atoms with Crippen molar-refractivity contribution >= 4 is 5.69 Å². The fourth-order valence-electron chi connectivity index (χ4n) is 2.60. The molecular formula is C16H26N2O3. The molecule has 5 nitrogen and oxygen atoms in total. The number of hydrogen-bond acceptors (Lipinski definition) is 5. The number of ether oxygens (including phenoxy) is 2. The summed E-state index contributed by atoms with van der Waals surface area (Å²) in [5.41, 5.74) is 6.53. The van der Waals surface area contributed by atoms with E-state index in [1.807, 2.05) is 24.3 Å². The minimum atomic E-state index is 0.111. The molecule has 5 heteroatoms. The van der Waals surface area contributed by atoms with Crippen molar-refractivity contribution in [3.8, 4) is 5.75 Å². The number of benzene rings is 1. The molecule has 1 fully saturated rings. The lowest BCUT2D eigenvalue weighted by molar-refractivity contribution is -0.00820. The Hall–Kier alpha value is -1.30. The maximum Gasteiger partial charge on any atom is 0.142 e. The Morgan fingerprint density at radius 2 is 1.95 bits per heavy atom. The van der Waals surface area contributed by atoms with Crippen LogP contribution in [0.2, 0.25) is 0 Å². The maximum absolute atomic E-state index is 8.75. The number of para-hydroxylation sites is 2. The van der Waals surface area contributed by atoms with Crippen molar-refractivity contribution in [3.63, 3.8) is 0 Å². The molecule has 1 aromatic rings. The molecule has 1 saturated heterocycles. The minimum absolute atomic E-state index is 0.111. The second kappa shape index (κ2) is 8.87. The van der Waals surface area contributed by atoms with Gasteiger partial charge in [-0.1, -0.05) is 12.1 Å². The lowest BCUT2D eigenvalue weighted by Gasteiger charge is -2.31. The highest BCUT2D eigenvalue weighted by molar-refractivity contribution is 5.51. The smallest absolute Gasteiger partial charge is 0.142 e. The summed E-state index contributed by atoms with van der Waals surface area (Å²) in [4.78, 5) is 2.44. The van der Waals surface area contributed by atoms with E-state index in [-0.39, 0.29) is 6.61 Å². The predicted octanol–water partition coefficient (Wildman–Crippen LogP) is 1.51. The summed E-state index contributed by atoms with van der Waals surface area (Å²) < 4.78 is 11.3. The van der Waals surface area contributed by atoms with Crippen LogP contribution in [0.25, 0.3) is 0 Å². The van der Waals surface area contributed by atoms with Crippen molar-refractivity contribution in [3.05, 3.63) is 24.3 Å². The first kappa shape index (κ1) is 16.1. The van der Waals surface area contributed by atoms with Gasteiger partial charge in [0.25, 0.3) is 0 Å². The molecule has 0 spiro atoms. The number of rotatable bonds is 8. The van der Waals surface area contributed by atoms with Gasteiger partial charge in [0.05, 0.1) is 31.6 Å². The largest absolute Gasteiger partial charge is 0.491 e. The number of hydrogen-bond donors (Lipinski definition) is 2. The molecule has 0 atom stereocenters. The number of likely N-dealkylation sites (tertiary alicyclic amines) is 1. The molecule has 3 N–H and O–H groups in total.